The van der Waals surface area contributed by atoms with Crippen LogP contribution in [-0.4, -0.2) is 25.8 Å². The van der Waals surface area contributed by atoms with E-state index >= 15 is 0 Å². The molecule has 30 heavy (non-hydrogen) atoms. The van der Waals surface area contributed by atoms with E-state index in [1.807, 2.05) is 0 Å². The summed E-state index contributed by atoms with van der Waals surface area (Å²) in [4.78, 5) is 15.7. The molecule has 2 aromatic carbocycles. The molecule has 0 radical (unpaired) electrons. The van der Waals surface area contributed by atoms with Crippen molar-refractivity contribution >= 4 is 29.0 Å². The van der Waals surface area contributed by atoms with Gasteiger partial charge in [-0.2, -0.15) is 5.10 Å². The van der Waals surface area contributed by atoms with Gasteiger partial charge in [-0.1, -0.05) is 23.7 Å². The second-order valence-electron chi connectivity index (χ2n) is 6.36. The van der Waals surface area contributed by atoms with E-state index in [1.165, 1.54) is 41.2 Å². The van der Waals surface area contributed by atoms with Gasteiger partial charge in [-0.3, -0.25) is 9.78 Å². The van der Waals surface area contributed by atoms with Crippen molar-refractivity contribution in [2.75, 3.05) is 5.32 Å². The number of phenols is 1. The number of halogens is 2. The van der Waals surface area contributed by atoms with Gasteiger partial charge < -0.3 is 16.2 Å². The molecule has 0 saturated heterocycles. The minimum atomic E-state index is -0.715. The first-order valence-electron chi connectivity index (χ1n) is 8.79. The molecule has 9 heteroatoms. The topological polar surface area (TPSA) is 106 Å². The molecule has 0 aliphatic heterocycles. The van der Waals surface area contributed by atoms with Gasteiger partial charge in [0.1, 0.15) is 23.1 Å². The van der Waals surface area contributed by atoms with Crippen LogP contribution in [0.2, 0.25) is 5.02 Å². The van der Waals surface area contributed by atoms with E-state index < -0.39 is 11.7 Å². The maximum absolute atomic E-state index is 14.1. The molecular weight excluding hydrogens is 409 g/mol. The number of phenolic OH excluding ortho intramolecular Hbond substituents is 1. The highest BCUT2D eigenvalue weighted by Gasteiger charge is 2.16. The standard InChI is InChI=1S/C21H15ClFN5O2/c22-15-7-6-12(20-16(23)5-2-8-25-20)9-17(15)26-19-11-18(21(24)30)27-28(19)13-3-1-4-14(29)10-13/h1-11,26,29H,(H2,24,30). The monoisotopic (exact) mass is 423 g/mol. The van der Waals surface area contributed by atoms with Gasteiger partial charge >= 0.3 is 0 Å². The quantitative estimate of drug-likeness (QED) is 0.444. The van der Waals surface area contributed by atoms with Gasteiger partial charge in [0.25, 0.3) is 5.91 Å². The van der Waals surface area contributed by atoms with Crippen LogP contribution in [0, 0.1) is 5.82 Å². The van der Waals surface area contributed by atoms with Gasteiger partial charge in [0.05, 0.1) is 16.4 Å². The zero-order valence-electron chi connectivity index (χ0n) is 15.4. The molecule has 0 aliphatic carbocycles. The number of hydrogen-bond acceptors (Lipinski definition) is 5. The SMILES string of the molecule is NC(=O)c1cc(Nc2cc(-c3ncccc3F)ccc2Cl)n(-c2cccc(O)c2)n1. The highest BCUT2D eigenvalue weighted by Crippen LogP contribution is 2.32. The highest BCUT2D eigenvalue weighted by atomic mass is 35.5. The van der Waals surface area contributed by atoms with Gasteiger partial charge in [-0.25, -0.2) is 9.07 Å². The first-order chi connectivity index (χ1) is 14.4. The largest absolute Gasteiger partial charge is 0.508 e. The van der Waals surface area contributed by atoms with Crippen LogP contribution >= 0.6 is 11.6 Å². The van der Waals surface area contributed by atoms with Crippen molar-refractivity contribution in [1.29, 1.82) is 0 Å². The van der Waals surface area contributed by atoms with Crippen molar-refractivity contribution in [2.45, 2.75) is 0 Å². The fraction of sp³-hybridized carbons (Fsp3) is 0. The van der Waals surface area contributed by atoms with Crippen LogP contribution in [0.4, 0.5) is 15.9 Å². The van der Waals surface area contributed by atoms with Crippen molar-refractivity contribution in [3.8, 4) is 22.7 Å². The van der Waals surface area contributed by atoms with Gasteiger partial charge in [-0.15, -0.1) is 0 Å². The van der Waals surface area contributed by atoms with E-state index in [0.29, 0.717) is 27.8 Å². The molecule has 4 aromatic rings. The number of nitrogens with one attached hydrogen (secondary N) is 1. The normalized spacial score (nSPS) is 10.7. The summed E-state index contributed by atoms with van der Waals surface area (Å²) >= 11 is 6.33. The Morgan fingerprint density at radius 3 is 2.70 bits per heavy atom. The molecule has 7 nitrogen and oxygen atoms in total. The summed E-state index contributed by atoms with van der Waals surface area (Å²) in [6.45, 7) is 0. The van der Waals surface area contributed by atoms with Crippen molar-refractivity contribution in [1.82, 2.24) is 14.8 Å². The summed E-state index contributed by atoms with van der Waals surface area (Å²) < 4.78 is 15.6. The third kappa shape index (κ3) is 3.81. The van der Waals surface area contributed by atoms with Gasteiger partial charge in [0.15, 0.2) is 5.69 Å². The minimum absolute atomic E-state index is 0.0175. The fourth-order valence-electron chi connectivity index (χ4n) is 2.92. The molecule has 0 unspecified atom stereocenters. The number of amides is 1. The van der Waals surface area contributed by atoms with Gasteiger partial charge in [0, 0.05) is 23.9 Å². The molecule has 0 spiro atoms. The Bertz CT molecular complexity index is 1260. The Kier molecular flexibility index (Phi) is 5.07. The van der Waals surface area contributed by atoms with Crippen molar-refractivity contribution < 1.29 is 14.3 Å². The third-order valence-electron chi connectivity index (χ3n) is 4.30. The van der Waals surface area contributed by atoms with Crippen LogP contribution < -0.4 is 11.1 Å². The molecule has 150 valence electrons. The number of anilines is 2. The van der Waals surface area contributed by atoms with Crippen molar-refractivity contribution in [2.24, 2.45) is 5.73 Å². The average molecular weight is 424 g/mol. The second-order valence-corrected chi connectivity index (χ2v) is 6.77. The summed E-state index contributed by atoms with van der Waals surface area (Å²) in [5.74, 6) is -0.783. The summed E-state index contributed by atoms with van der Waals surface area (Å²) in [5, 5.41) is 17.4. The Hall–Kier alpha value is -3.91. The van der Waals surface area contributed by atoms with Crippen LogP contribution in [0.1, 0.15) is 10.5 Å². The number of carbonyl (C=O) groups excluding carboxylic acids is 1. The zero-order valence-corrected chi connectivity index (χ0v) is 16.1. The number of aromatic hydroxyl groups is 1. The van der Waals surface area contributed by atoms with E-state index in [1.54, 1.807) is 30.3 Å². The number of nitrogens with two attached hydrogens (primary N) is 1. The van der Waals surface area contributed by atoms with E-state index in [-0.39, 0.29) is 17.1 Å². The lowest BCUT2D eigenvalue weighted by Gasteiger charge is -2.13. The van der Waals surface area contributed by atoms with E-state index in [2.05, 4.69) is 15.4 Å². The summed E-state index contributed by atoms with van der Waals surface area (Å²) in [6, 6.07) is 15.5. The molecule has 4 N–H and O–H groups in total. The molecule has 0 atom stereocenters. The van der Waals surface area contributed by atoms with Crippen LogP contribution in [0.15, 0.2) is 66.9 Å². The lowest BCUT2D eigenvalue weighted by molar-refractivity contribution is 0.0995. The average Bonchev–Trinajstić information content (AvgIpc) is 3.14. The number of nitrogens with zero attached hydrogens (tertiary/aromatic N) is 3. The van der Waals surface area contributed by atoms with E-state index in [9.17, 15) is 14.3 Å². The number of pyridine rings is 1. The summed E-state index contributed by atoms with van der Waals surface area (Å²) in [7, 11) is 0. The van der Waals surface area contributed by atoms with E-state index in [0.717, 1.165) is 0 Å². The third-order valence-corrected chi connectivity index (χ3v) is 4.63. The number of carbonyl (C=O) groups is 1. The molecule has 0 bridgehead atoms. The highest BCUT2D eigenvalue weighted by molar-refractivity contribution is 6.33. The number of benzene rings is 2. The van der Waals surface area contributed by atoms with Crippen LogP contribution in [-0.2, 0) is 0 Å². The molecule has 1 amide bonds. The zero-order chi connectivity index (χ0) is 21.3. The lowest BCUT2D eigenvalue weighted by Crippen LogP contribution is -2.12. The Morgan fingerprint density at radius 2 is 1.97 bits per heavy atom. The predicted molar refractivity (Wildman–Crippen MR) is 112 cm³/mol. The summed E-state index contributed by atoms with van der Waals surface area (Å²) in [6.07, 6.45) is 1.50. The smallest absolute Gasteiger partial charge is 0.269 e. The molecule has 4 rings (SSSR count). The van der Waals surface area contributed by atoms with Gasteiger partial charge in [-0.05, 0) is 36.4 Å². The number of rotatable bonds is 5. The van der Waals surface area contributed by atoms with Crippen molar-refractivity contribution in [3.63, 3.8) is 0 Å². The fourth-order valence-corrected chi connectivity index (χ4v) is 3.08. The maximum Gasteiger partial charge on any atom is 0.269 e. The maximum atomic E-state index is 14.1. The molecule has 2 aromatic heterocycles. The molecular formula is C21H15ClFN5O2. The molecule has 0 aliphatic rings. The first-order valence-corrected chi connectivity index (χ1v) is 9.17. The molecule has 0 saturated carbocycles. The van der Waals surface area contributed by atoms with E-state index in [4.69, 9.17) is 17.3 Å². The Balaban J connectivity index is 1.78. The lowest BCUT2D eigenvalue weighted by atomic mass is 10.1. The molecule has 0 fully saturated rings. The Labute approximate surface area is 175 Å². The van der Waals surface area contributed by atoms with Crippen molar-refractivity contribution in [3.05, 3.63) is 83.4 Å². The predicted octanol–water partition coefficient (Wildman–Crippen LogP) is 4.27. The van der Waals surface area contributed by atoms with Crippen LogP contribution in [0.3, 0.4) is 0 Å². The molecule has 2 heterocycles. The number of primary amides is 1. The minimum Gasteiger partial charge on any atom is -0.508 e. The van der Waals surface area contributed by atoms with Crippen LogP contribution in [0.25, 0.3) is 16.9 Å². The Morgan fingerprint density at radius 1 is 1.13 bits per heavy atom. The second kappa shape index (κ2) is 7.84. The van der Waals surface area contributed by atoms with Gasteiger partial charge in [0.2, 0.25) is 0 Å². The summed E-state index contributed by atoms with van der Waals surface area (Å²) in [5.41, 5.74) is 7.02. The number of hydrogen-bond donors (Lipinski definition) is 3. The first kappa shape index (κ1) is 19.4. The van der Waals surface area contributed by atoms with Crippen LogP contribution in [0.5, 0.6) is 5.75 Å². The number of aromatic nitrogens is 3.